The third-order valence-electron chi connectivity index (χ3n) is 4.25. The summed E-state index contributed by atoms with van der Waals surface area (Å²) < 4.78 is 0. The molecule has 0 heterocycles. The lowest BCUT2D eigenvalue weighted by Crippen LogP contribution is -2.43. The van der Waals surface area contributed by atoms with Crippen LogP contribution in [0, 0.1) is 6.92 Å². The van der Waals surface area contributed by atoms with Gasteiger partial charge in [-0.25, -0.2) is 0 Å². The number of rotatable bonds is 4. The number of carbonyl (C=O) groups is 2. The van der Waals surface area contributed by atoms with Gasteiger partial charge in [0.15, 0.2) is 5.11 Å². The Balaban J connectivity index is 1.63. The lowest BCUT2D eigenvalue weighted by atomic mass is 10.1. The fourth-order valence-corrected chi connectivity index (χ4v) is 3.16. The Kier molecular flexibility index (Phi) is 7.46. The van der Waals surface area contributed by atoms with Crippen molar-refractivity contribution in [3.8, 4) is 0 Å². The molecule has 0 saturated heterocycles. The first-order valence-electron chi connectivity index (χ1n) is 9.13. The topological polar surface area (TPSA) is 82.3 Å². The number of para-hydroxylation sites is 1. The number of anilines is 2. The molecule has 3 aromatic carbocycles. The van der Waals surface area contributed by atoms with Crippen molar-refractivity contribution in [2.24, 2.45) is 0 Å². The van der Waals surface area contributed by atoms with Crippen LogP contribution in [0.3, 0.4) is 0 Å². The molecule has 0 saturated carbocycles. The van der Waals surface area contributed by atoms with Crippen molar-refractivity contribution in [1.29, 1.82) is 0 Å². The minimum atomic E-state index is -0.429. The minimum absolute atomic E-state index is 0.169. The molecule has 0 fully saturated rings. The van der Waals surface area contributed by atoms with Crippen LogP contribution in [-0.4, -0.2) is 16.9 Å². The van der Waals surface area contributed by atoms with Gasteiger partial charge in [-0.3, -0.25) is 20.4 Å². The lowest BCUT2D eigenvalue weighted by molar-refractivity contribution is 0.0943. The van der Waals surface area contributed by atoms with Crippen LogP contribution in [0.2, 0.25) is 10.0 Å². The lowest BCUT2D eigenvalue weighted by Gasteiger charge is -2.14. The van der Waals surface area contributed by atoms with Gasteiger partial charge in [-0.15, -0.1) is 0 Å². The summed E-state index contributed by atoms with van der Waals surface area (Å²) >= 11 is 17.2. The molecule has 0 aromatic heterocycles. The molecule has 0 spiro atoms. The van der Waals surface area contributed by atoms with Gasteiger partial charge in [-0.2, -0.15) is 0 Å². The summed E-state index contributed by atoms with van der Waals surface area (Å²) in [6.07, 6.45) is 0. The molecule has 6 nitrogen and oxygen atoms in total. The summed E-state index contributed by atoms with van der Waals surface area (Å²) in [6.45, 7) is 1.83. The van der Waals surface area contributed by atoms with Crippen molar-refractivity contribution >= 4 is 63.7 Å². The Morgan fingerprint density at radius 2 is 1.52 bits per heavy atom. The predicted octanol–water partition coefficient (Wildman–Crippen LogP) is 5.19. The van der Waals surface area contributed by atoms with Crippen LogP contribution in [0.5, 0.6) is 0 Å². The zero-order valence-corrected chi connectivity index (χ0v) is 18.7. The van der Waals surface area contributed by atoms with E-state index in [0.717, 1.165) is 5.56 Å². The number of thiocarbonyl (C=S) groups is 1. The van der Waals surface area contributed by atoms with Crippen LogP contribution in [0.15, 0.2) is 66.7 Å². The molecule has 3 aromatic rings. The second-order valence-electron chi connectivity index (χ2n) is 6.51. The molecule has 158 valence electrons. The van der Waals surface area contributed by atoms with Gasteiger partial charge in [0.1, 0.15) is 0 Å². The highest BCUT2D eigenvalue weighted by molar-refractivity contribution is 7.80. The van der Waals surface area contributed by atoms with Crippen molar-refractivity contribution in [2.75, 3.05) is 10.6 Å². The van der Waals surface area contributed by atoms with Gasteiger partial charge in [0.25, 0.3) is 11.8 Å². The maximum absolute atomic E-state index is 12.5. The Morgan fingerprint density at radius 1 is 0.774 bits per heavy atom. The number of halogens is 2. The smallest absolute Gasteiger partial charge is 0.269 e. The average molecular weight is 473 g/mol. The third-order valence-corrected chi connectivity index (χ3v) is 5.02. The second kappa shape index (κ2) is 10.3. The van der Waals surface area contributed by atoms with Gasteiger partial charge in [0.05, 0.1) is 10.7 Å². The first-order valence-corrected chi connectivity index (χ1v) is 10.3. The number of nitrogens with one attached hydrogen (secondary N) is 4. The van der Waals surface area contributed by atoms with Gasteiger partial charge >= 0.3 is 0 Å². The van der Waals surface area contributed by atoms with Crippen molar-refractivity contribution in [3.63, 3.8) is 0 Å². The molecule has 4 N–H and O–H groups in total. The molecular weight excluding hydrogens is 455 g/mol. The van der Waals surface area contributed by atoms with E-state index in [1.54, 1.807) is 66.7 Å². The van der Waals surface area contributed by atoms with Gasteiger partial charge in [0, 0.05) is 21.8 Å². The highest BCUT2D eigenvalue weighted by Gasteiger charge is 2.12. The molecular formula is C22H18Cl2N4O2S. The Bertz CT molecular complexity index is 1150. The van der Waals surface area contributed by atoms with E-state index in [0.29, 0.717) is 32.5 Å². The van der Waals surface area contributed by atoms with E-state index in [1.165, 1.54) is 0 Å². The molecule has 0 radical (unpaired) electrons. The highest BCUT2D eigenvalue weighted by atomic mass is 35.5. The second-order valence-corrected chi connectivity index (χ2v) is 7.76. The maximum atomic E-state index is 12.5. The van der Waals surface area contributed by atoms with Crippen LogP contribution >= 0.6 is 35.4 Å². The highest BCUT2D eigenvalue weighted by Crippen LogP contribution is 2.21. The first kappa shape index (κ1) is 22.6. The van der Waals surface area contributed by atoms with E-state index in [2.05, 4.69) is 21.5 Å². The number of hydrazine groups is 1. The van der Waals surface area contributed by atoms with E-state index >= 15 is 0 Å². The maximum Gasteiger partial charge on any atom is 0.269 e. The summed E-state index contributed by atoms with van der Waals surface area (Å²) in [6, 6.07) is 18.7. The Labute approximate surface area is 194 Å². The first-order chi connectivity index (χ1) is 14.8. The van der Waals surface area contributed by atoms with E-state index in [9.17, 15) is 9.59 Å². The van der Waals surface area contributed by atoms with Crippen molar-refractivity contribution in [3.05, 3.63) is 93.5 Å². The zero-order valence-electron chi connectivity index (χ0n) is 16.3. The van der Waals surface area contributed by atoms with Crippen LogP contribution < -0.4 is 21.5 Å². The zero-order chi connectivity index (χ0) is 22.4. The normalized spacial score (nSPS) is 10.2. The van der Waals surface area contributed by atoms with Gasteiger partial charge in [0.2, 0.25) is 0 Å². The van der Waals surface area contributed by atoms with Crippen LogP contribution in [0.4, 0.5) is 11.4 Å². The van der Waals surface area contributed by atoms with E-state index < -0.39 is 5.91 Å². The molecule has 0 bridgehead atoms. The van der Waals surface area contributed by atoms with Crippen LogP contribution in [0.25, 0.3) is 0 Å². The standard InChI is InChI=1S/C22H18Cl2N4O2S/c1-13-9-10-15(12-19(13)25-20(29)14-5-4-6-16(23)11-14)21(30)27-28-22(31)26-18-8-3-2-7-17(18)24/h2-12H,1H3,(H,25,29)(H,27,30)(H2,26,28,31). The molecule has 31 heavy (non-hydrogen) atoms. The Hall–Kier alpha value is -3.13. The van der Waals surface area contributed by atoms with Gasteiger partial charge < -0.3 is 10.6 Å². The molecule has 0 unspecified atom stereocenters. The largest absolute Gasteiger partial charge is 0.330 e. The summed E-state index contributed by atoms with van der Waals surface area (Å²) in [5.41, 5.74) is 7.80. The fourth-order valence-electron chi connectivity index (χ4n) is 2.62. The molecule has 0 atom stereocenters. The van der Waals surface area contributed by atoms with Crippen molar-refractivity contribution < 1.29 is 9.59 Å². The summed E-state index contributed by atoms with van der Waals surface area (Å²) in [5, 5.41) is 6.82. The number of amides is 2. The van der Waals surface area contributed by atoms with E-state index in [-0.39, 0.29) is 11.0 Å². The van der Waals surface area contributed by atoms with Gasteiger partial charge in [-0.05, 0) is 67.2 Å². The third kappa shape index (κ3) is 6.18. The van der Waals surface area contributed by atoms with Gasteiger partial charge in [-0.1, -0.05) is 47.5 Å². The fraction of sp³-hybridized carbons (Fsp3) is 0.0455. The number of aryl methyl sites for hydroxylation is 1. The molecule has 0 aliphatic carbocycles. The predicted molar refractivity (Wildman–Crippen MR) is 129 cm³/mol. The summed E-state index contributed by atoms with van der Waals surface area (Å²) in [4.78, 5) is 25.0. The molecule has 3 rings (SSSR count). The number of hydrogen-bond donors (Lipinski definition) is 4. The molecule has 0 aliphatic rings. The number of hydrogen-bond acceptors (Lipinski definition) is 3. The SMILES string of the molecule is Cc1ccc(C(=O)NNC(=S)Nc2ccccc2Cl)cc1NC(=O)c1cccc(Cl)c1. The average Bonchev–Trinajstić information content (AvgIpc) is 2.75. The van der Waals surface area contributed by atoms with Crippen molar-refractivity contribution in [2.45, 2.75) is 6.92 Å². The molecule has 9 heteroatoms. The molecule has 0 aliphatic heterocycles. The van der Waals surface area contributed by atoms with Crippen LogP contribution in [-0.2, 0) is 0 Å². The van der Waals surface area contributed by atoms with Crippen molar-refractivity contribution in [1.82, 2.24) is 10.9 Å². The summed E-state index contributed by atoms with van der Waals surface area (Å²) in [5.74, 6) is -0.757. The Morgan fingerprint density at radius 3 is 2.26 bits per heavy atom. The quantitative estimate of drug-likeness (QED) is 0.310. The molecule has 2 amide bonds. The summed E-state index contributed by atoms with van der Waals surface area (Å²) in [7, 11) is 0. The monoisotopic (exact) mass is 472 g/mol. The number of carbonyl (C=O) groups excluding carboxylic acids is 2. The van der Waals surface area contributed by atoms with E-state index in [1.807, 2.05) is 6.92 Å². The van der Waals surface area contributed by atoms with Crippen LogP contribution in [0.1, 0.15) is 26.3 Å². The van der Waals surface area contributed by atoms with E-state index in [4.69, 9.17) is 35.4 Å². The minimum Gasteiger partial charge on any atom is -0.330 e. The number of benzene rings is 3.